The number of aliphatic carboxylic acids is 1. The third kappa shape index (κ3) is 14.9. The molecule has 3 amide bonds. The van der Waals surface area contributed by atoms with Crippen molar-refractivity contribution >= 4 is 45.2 Å². The summed E-state index contributed by atoms with van der Waals surface area (Å²) in [4.78, 5) is 96.3. The van der Waals surface area contributed by atoms with Crippen LogP contribution >= 0.6 is 0 Å². The minimum Gasteiger partial charge on any atom is -0.480 e. The minimum atomic E-state index is -3.87. The van der Waals surface area contributed by atoms with Crippen LogP contribution in [0.15, 0.2) is 161 Å². The fraction of sp³-hybridized carbons (Fsp3) is 0.369. The molecule has 3 aromatic heterocycles. The third-order valence-corrected chi connectivity index (χ3v) is 18.7. The SMILES string of the molecule is Cc1cn(CCCCCCOC(c2ccccc2)(c2ccccc2)c2ccc(C(=O)N3CCN(CC4CCN(c5cnc(C(=O)Nc6ccc(C7CCN(S(=O)(=O)c8ccc(C(=O)NCC(=O)O)nc8)CC7)cc6)cn5)CC4)CC3)cc2)c(=O)[nH]c1=O. The molecule has 4 N–H and O–H groups in total. The van der Waals surface area contributed by atoms with Crippen molar-refractivity contribution < 1.29 is 37.4 Å². The topological polar surface area (TPSA) is 262 Å². The van der Waals surface area contributed by atoms with Crippen LogP contribution in [0.2, 0.25) is 0 Å². The number of benzene rings is 4. The lowest BCUT2D eigenvalue weighted by atomic mass is 9.79. The normalized spacial score (nSPS) is 15.7. The van der Waals surface area contributed by atoms with Gasteiger partial charge in [-0.2, -0.15) is 4.31 Å². The quantitative estimate of drug-likeness (QED) is 0.0375. The van der Waals surface area contributed by atoms with E-state index in [9.17, 15) is 37.2 Å². The van der Waals surface area contributed by atoms with Crippen molar-refractivity contribution in [2.75, 3.05) is 82.3 Å². The number of sulfonamides is 1. The Kier molecular flexibility index (Phi) is 19.9. The number of hydrogen-bond acceptors (Lipinski definition) is 14. The zero-order chi connectivity index (χ0) is 60.9. The van der Waals surface area contributed by atoms with Gasteiger partial charge in [0.2, 0.25) is 10.0 Å². The first kappa shape index (κ1) is 61.4. The Balaban J connectivity index is 0.654. The lowest BCUT2D eigenvalue weighted by Gasteiger charge is -2.39. The van der Waals surface area contributed by atoms with Crippen molar-refractivity contribution in [2.24, 2.45) is 5.92 Å². The number of H-pyrrole nitrogens is 1. The van der Waals surface area contributed by atoms with Crippen LogP contribution in [-0.2, 0) is 31.7 Å². The molecule has 0 radical (unpaired) electrons. The highest BCUT2D eigenvalue weighted by Gasteiger charge is 2.38. The van der Waals surface area contributed by atoms with Crippen LogP contribution < -0.4 is 26.8 Å². The molecule has 87 heavy (non-hydrogen) atoms. The first-order valence-corrected chi connectivity index (χ1v) is 31.2. The van der Waals surface area contributed by atoms with E-state index in [2.05, 4.69) is 64.6 Å². The molecule has 4 aromatic carbocycles. The number of anilines is 2. The Morgan fingerprint density at radius 2 is 1.32 bits per heavy atom. The molecule has 0 bridgehead atoms. The molecule has 3 fully saturated rings. The van der Waals surface area contributed by atoms with E-state index in [1.807, 2.05) is 89.8 Å². The van der Waals surface area contributed by atoms with E-state index in [0.717, 1.165) is 106 Å². The maximum Gasteiger partial charge on any atom is 0.328 e. The van der Waals surface area contributed by atoms with Gasteiger partial charge < -0.3 is 34.8 Å². The third-order valence-electron chi connectivity index (χ3n) is 16.8. The van der Waals surface area contributed by atoms with E-state index in [-0.39, 0.29) is 58.4 Å². The molecule has 21 nitrogen and oxygen atoms in total. The van der Waals surface area contributed by atoms with Crippen LogP contribution in [0.1, 0.15) is 116 Å². The largest absolute Gasteiger partial charge is 0.480 e. The highest BCUT2D eigenvalue weighted by atomic mass is 32.2. The number of carboxylic acids is 1. The number of ether oxygens (including phenoxy) is 1. The van der Waals surface area contributed by atoms with Gasteiger partial charge in [-0.1, -0.05) is 97.8 Å². The van der Waals surface area contributed by atoms with Gasteiger partial charge in [0, 0.05) is 101 Å². The average Bonchev–Trinajstić information content (AvgIpc) is 1.90. The first-order chi connectivity index (χ1) is 42.1. The maximum atomic E-state index is 14.1. The Hall–Kier alpha value is -8.70. The number of aryl methyl sites for hydroxylation is 2. The van der Waals surface area contributed by atoms with Gasteiger partial charge in [-0.25, -0.2) is 28.2 Å². The van der Waals surface area contributed by atoms with Crippen molar-refractivity contribution in [2.45, 2.75) is 81.2 Å². The number of nitrogens with zero attached hydrogens (tertiary/aromatic N) is 8. The Morgan fingerprint density at radius 3 is 1.94 bits per heavy atom. The molecule has 0 spiro atoms. The fourth-order valence-electron chi connectivity index (χ4n) is 11.8. The van der Waals surface area contributed by atoms with Crippen LogP contribution in [0.25, 0.3) is 0 Å². The van der Waals surface area contributed by atoms with Gasteiger partial charge in [0.1, 0.15) is 34.2 Å². The highest BCUT2D eigenvalue weighted by molar-refractivity contribution is 7.89. The fourth-order valence-corrected chi connectivity index (χ4v) is 13.3. The number of unbranched alkanes of at least 4 members (excludes halogenated alkanes) is 3. The Bertz CT molecular complexity index is 3680. The number of piperidine rings is 2. The lowest BCUT2D eigenvalue weighted by molar-refractivity contribution is -0.135. The van der Waals surface area contributed by atoms with Crippen LogP contribution in [0.3, 0.4) is 0 Å². The molecule has 3 saturated heterocycles. The number of rotatable bonds is 23. The predicted molar refractivity (Wildman–Crippen MR) is 328 cm³/mol. The van der Waals surface area contributed by atoms with Gasteiger partial charge in [-0.05, 0) is 116 Å². The van der Waals surface area contributed by atoms with E-state index in [4.69, 9.17) is 9.84 Å². The molecular formula is C65H73N11O10S. The zero-order valence-corrected chi connectivity index (χ0v) is 49.6. The molecule has 6 heterocycles. The number of aromatic amines is 1. The molecule has 10 rings (SSSR count). The van der Waals surface area contributed by atoms with Gasteiger partial charge in [0.05, 0.1) is 12.4 Å². The maximum absolute atomic E-state index is 14.1. The summed E-state index contributed by atoms with van der Waals surface area (Å²) in [6.07, 6.45) is 12.4. The van der Waals surface area contributed by atoms with Crippen LogP contribution in [0, 0.1) is 12.8 Å². The molecule has 7 aromatic rings. The first-order valence-electron chi connectivity index (χ1n) is 29.8. The Morgan fingerprint density at radius 1 is 0.678 bits per heavy atom. The molecule has 0 atom stereocenters. The molecule has 3 aliphatic rings. The number of carboxylic acid groups (broad SMARTS) is 1. The van der Waals surface area contributed by atoms with Crippen LogP contribution in [0.4, 0.5) is 11.5 Å². The van der Waals surface area contributed by atoms with Gasteiger partial charge >= 0.3 is 11.7 Å². The van der Waals surface area contributed by atoms with Gasteiger partial charge in [0.25, 0.3) is 23.3 Å². The summed E-state index contributed by atoms with van der Waals surface area (Å²) in [7, 11) is -3.87. The highest BCUT2D eigenvalue weighted by Crippen LogP contribution is 2.41. The number of aromatic nitrogens is 5. The summed E-state index contributed by atoms with van der Waals surface area (Å²) < 4.78 is 36.8. The smallest absolute Gasteiger partial charge is 0.328 e. The second-order valence-electron chi connectivity index (χ2n) is 22.5. The molecular weight excluding hydrogens is 1130 g/mol. The Labute approximate surface area is 505 Å². The van der Waals surface area contributed by atoms with Crippen LogP contribution in [0.5, 0.6) is 0 Å². The van der Waals surface area contributed by atoms with E-state index in [0.29, 0.717) is 61.8 Å². The van der Waals surface area contributed by atoms with Crippen molar-refractivity contribution in [3.8, 4) is 0 Å². The summed E-state index contributed by atoms with van der Waals surface area (Å²) in [5.41, 5.74) is 4.10. The second kappa shape index (κ2) is 28.2. The molecule has 454 valence electrons. The second-order valence-corrected chi connectivity index (χ2v) is 24.4. The molecule has 3 aliphatic heterocycles. The van der Waals surface area contributed by atoms with Gasteiger partial charge in [0.15, 0.2) is 0 Å². The number of pyridine rings is 1. The van der Waals surface area contributed by atoms with Crippen molar-refractivity contribution in [3.05, 3.63) is 212 Å². The van der Waals surface area contributed by atoms with E-state index >= 15 is 0 Å². The number of piperazine rings is 1. The summed E-state index contributed by atoms with van der Waals surface area (Å²) in [6.45, 7) is 8.16. The molecule has 0 unspecified atom stereocenters. The summed E-state index contributed by atoms with van der Waals surface area (Å²) >= 11 is 0. The summed E-state index contributed by atoms with van der Waals surface area (Å²) in [5, 5.41) is 13.9. The zero-order valence-electron chi connectivity index (χ0n) is 48.8. The number of carbonyl (C=O) groups is 4. The van der Waals surface area contributed by atoms with E-state index in [1.165, 1.54) is 22.6 Å². The lowest BCUT2D eigenvalue weighted by Crippen LogP contribution is -2.50. The summed E-state index contributed by atoms with van der Waals surface area (Å²) in [6, 6.07) is 38.4. The number of nitrogens with one attached hydrogen (secondary N) is 3. The molecule has 22 heteroatoms. The number of amides is 3. The monoisotopic (exact) mass is 1200 g/mol. The van der Waals surface area contributed by atoms with E-state index in [1.54, 1.807) is 23.9 Å². The number of carbonyl (C=O) groups excluding carboxylic acids is 3. The number of hydrogen-bond donors (Lipinski definition) is 4. The molecule has 0 saturated carbocycles. The van der Waals surface area contributed by atoms with Gasteiger partial charge in [-0.15, -0.1) is 0 Å². The minimum absolute atomic E-state index is 0.0112. The van der Waals surface area contributed by atoms with Crippen molar-refractivity contribution in [1.29, 1.82) is 0 Å². The molecule has 0 aliphatic carbocycles. The average molecular weight is 1200 g/mol. The predicted octanol–water partition coefficient (Wildman–Crippen LogP) is 6.91. The van der Waals surface area contributed by atoms with Gasteiger partial charge in [-0.3, -0.25) is 33.9 Å². The van der Waals surface area contributed by atoms with E-state index < -0.39 is 34.0 Å². The summed E-state index contributed by atoms with van der Waals surface area (Å²) in [5.74, 6) is -0.970. The van der Waals surface area contributed by atoms with Crippen molar-refractivity contribution in [1.82, 2.24) is 43.9 Å². The van der Waals surface area contributed by atoms with Crippen molar-refractivity contribution in [3.63, 3.8) is 0 Å². The standard InChI is InChI=1S/C65H73N11O10S/c1-46-44-75(64(83)71-60(46)79)30-10-2-3-11-39-86-65(51-12-6-4-7-13-51,52-14-8-5-9-15-52)53-20-16-50(17-21-53)63(82)74-37-35-72(36-38-74)45-47-26-31-73(32-27-47)58-42-67-57(41-68-58)62(81)70-54-22-18-48(19-23-54)49-28-33-76(34-29-49)87(84,85)55-24-25-56(66-40-55)61(80)69-43-59(77)78/h4-9,12-25,40-42,44,47,49H,2-3,10-11,26-39,43,45H2,1H3,(H,69,80)(H,70,81)(H,77,78)(H,71,79,83). The van der Waals surface area contributed by atoms with Crippen LogP contribution in [-0.4, -0.2) is 148 Å².